The van der Waals surface area contributed by atoms with Crippen molar-refractivity contribution in [3.8, 4) is 0 Å². The van der Waals surface area contributed by atoms with Crippen LogP contribution in [0.5, 0.6) is 0 Å². The summed E-state index contributed by atoms with van der Waals surface area (Å²) < 4.78 is 4.20. The summed E-state index contributed by atoms with van der Waals surface area (Å²) in [5.41, 5.74) is 4.53. The molecule has 1 amide bonds. The molecule has 0 aromatic rings. The van der Waals surface area contributed by atoms with Crippen LogP contribution < -0.4 is 5.73 Å². The number of ether oxygens (including phenoxy) is 1. The standard InChI is InChI=1S/C5H7NO3/c1-3(2)9-5(8)4(6)7/h1H2,2H3,(H2,6,7). The van der Waals surface area contributed by atoms with Gasteiger partial charge in [0.2, 0.25) is 0 Å². The van der Waals surface area contributed by atoms with E-state index >= 15 is 0 Å². The number of nitrogens with two attached hydrogens (primary N) is 1. The number of rotatable bonds is 1. The molecule has 0 rings (SSSR count). The fourth-order valence-corrected chi connectivity index (χ4v) is 0.209. The number of hydrogen-bond acceptors (Lipinski definition) is 3. The Kier molecular flexibility index (Phi) is 2.44. The molecule has 0 saturated heterocycles. The van der Waals surface area contributed by atoms with Gasteiger partial charge in [-0.15, -0.1) is 0 Å². The number of esters is 1. The molecule has 2 N–H and O–H groups in total. The monoisotopic (exact) mass is 129 g/mol. The van der Waals surface area contributed by atoms with Crippen LogP contribution in [0.2, 0.25) is 0 Å². The summed E-state index contributed by atoms with van der Waals surface area (Å²) in [6.45, 7) is 4.67. The first-order valence-corrected chi connectivity index (χ1v) is 2.21. The first-order chi connectivity index (χ1) is 4.04. The van der Waals surface area contributed by atoms with E-state index in [2.05, 4.69) is 17.0 Å². The van der Waals surface area contributed by atoms with E-state index in [1.54, 1.807) is 0 Å². The topological polar surface area (TPSA) is 69.4 Å². The SMILES string of the molecule is C=C(C)OC(=O)C(N)=O. The Labute approximate surface area is 52.3 Å². The van der Waals surface area contributed by atoms with Crippen LogP contribution in [0.4, 0.5) is 0 Å². The Balaban J connectivity index is 3.79. The van der Waals surface area contributed by atoms with Crippen molar-refractivity contribution < 1.29 is 14.3 Å². The summed E-state index contributed by atoms with van der Waals surface area (Å²) in [4.78, 5) is 20.1. The van der Waals surface area contributed by atoms with Gasteiger partial charge in [0, 0.05) is 0 Å². The summed E-state index contributed by atoms with van der Waals surface area (Å²) >= 11 is 0. The fraction of sp³-hybridized carbons (Fsp3) is 0.200. The highest BCUT2D eigenvalue weighted by Crippen LogP contribution is 1.88. The second kappa shape index (κ2) is 2.86. The summed E-state index contributed by atoms with van der Waals surface area (Å²) in [7, 11) is 0. The molecule has 0 aliphatic rings. The molecule has 0 aromatic heterocycles. The third-order valence-electron chi connectivity index (χ3n) is 0.468. The van der Waals surface area contributed by atoms with E-state index in [9.17, 15) is 9.59 Å². The average Bonchev–Trinajstić information content (AvgIpc) is 1.63. The molecule has 0 saturated carbocycles. The zero-order valence-electron chi connectivity index (χ0n) is 5.01. The Morgan fingerprint density at radius 2 is 2.00 bits per heavy atom. The molecule has 0 radical (unpaired) electrons. The third kappa shape index (κ3) is 3.28. The molecule has 4 heteroatoms. The van der Waals surface area contributed by atoms with Gasteiger partial charge in [-0.25, -0.2) is 4.79 Å². The van der Waals surface area contributed by atoms with Gasteiger partial charge < -0.3 is 10.5 Å². The van der Waals surface area contributed by atoms with E-state index in [1.807, 2.05) is 0 Å². The van der Waals surface area contributed by atoms with Crippen molar-refractivity contribution in [3.63, 3.8) is 0 Å². The van der Waals surface area contributed by atoms with Gasteiger partial charge in [0.05, 0.1) is 5.76 Å². The van der Waals surface area contributed by atoms with Crippen molar-refractivity contribution in [1.82, 2.24) is 0 Å². The van der Waals surface area contributed by atoms with Crippen molar-refractivity contribution in [2.24, 2.45) is 5.73 Å². The Morgan fingerprint density at radius 1 is 1.56 bits per heavy atom. The van der Waals surface area contributed by atoms with E-state index < -0.39 is 11.9 Å². The molecule has 50 valence electrons. The average molecular weight is 129 g/mol. The van der Waals surface area contributed by atoms with E-state index in [-0.39, 0.29) is 5.76 Å². The minimum Gasteiger partial charge on any atom is -0.425 e. The lowest BCUT2D eigenvalue weighted by Gasteiger charge is -1.96. The quantitative estimate of drug-likeness (QED) is 0.296. The van der Waals surface area contributed by atoms with Crippen molar-refractivity contribution in [3.05, 3.63) is 12.3 Å². The summed E-state index contributed by atoms with van der Waals surface area (Å²) in [5, 5.41) is 0. The van der Waals surface area contributed by atoms with E-state index in [4.69, 9.17) is 0 Å². The highest BCUT2D eigenvalue weighted by molar-refractivity contribution is 6.31. The molecule has 0 heterocycles. The number of carbonyl (C=O) groups is 2. The van der Waals surface area contributed by atoms with Crippen LogP contribution in [-0.4, -0.2) is 11.9 Å². The highest BCUT2D eigenvalue weighted by Gasteiger charge is 2.09. The summed E-state index contributed by atoms with van der Waals surface area (Å²) in [5.74, 6) is -2.04. The van der Waals surface area contributed by atoms with Gasteiger partial charge in [-0.2, -0.15) is 0 Å². The van der Waals surface area contributed by atoms with Crippen molar-refractivity contribution in [2.45, 2.75) is 6.92 Å². The maximum absolute atomic E-state index is 10.2. The van der Waals surface area contributed by atoms with Gasteiger partial charge in [0.25, 0.3) is 0 Å². The normalized spacial score (nSPS) is 8.11. The number of hydrogen-bond donors (Lipinski definition) is 1. The summed E-state index contributed by atoms with van der Waals surface area (Å²) in [6.07, 6.45) is 0. The van der Waals surface area contributed by atoms with Gasteiger partial charge in [0.15, 0.2) is 0 Å². The van der Waals surface area contributed by atoms with Crippen molar-refractivity contribution >= 4 is 11.9 Å². The second-order valence-corrected chi connectivity index (χ2v) is 1.46. The lowest BCUT2D eigenvalue weighted by molar-refractivity contribution is -0.150. The maximum Gasteiger partial charge on any atom is 0.401 e. The molecule has 0 aromatic carbocycles. The minimum absolute atomic E-state index is 0.152. The van der Waals surface area contributed by atoms with Crippen molar-refractivity contribution in [2.75, 3.05) is 0 Å². The zero-order chi connectivity index (χ0) is 7.44. The van der Waals surface area contributed by atoms with Crippen molar-refractivity contribution in [1.29, 1.82) is 0 Å². The number of carbonyl (C=O) groups excluding carboxylic acids is 2. The molecule has 4 nitrogen and oxygen atoms in total. The lowest BCUT2D eigenvalue weighted by Crippen LogP contribution is -2.24. The van der Waals surface area contributed by atoms with Crippen LogP contribution in [0.1, 0.15) is 6.92 Å². The van der Waals surface area contributed by atoms with Crippen LogP contribution in [0.3, 0.4) is 0 Å². The first-order valence-electron chi connectivity index (χ1n) is 2.21. The van der Waals surface area contributed by atoms with Crippen LogP contribution in [0, 0.1) is 0 Å². The lowest BCUT2D eigenvalue weighted by atomic mass is 10.6. The first kappa shape index (κ1) is 7.68. The molecule has 0 bridgehead atoms. The third-order valence-corrected chi connectivity index (χ3v) is 0.468. The second-order valence-electron chi connectivity index (χ2n) is 1.46. The molecular formula is C5H7NO3. The van der Waals surface area contributed by atoms with E-state index in [1.165, 1.54) is 6.92 Å². The van der Waals surface area contributed by atoms with E-state index in [0.717, 1.165) is 0 Å². The number of primary amides is 1. The predicted molar refractivity (Wildman–Crippen MR) is 30.1 cm³/mol. The van der Waals surface area contributed by atoms with Gasteiger partial charge in [-0.05, 0) is 6.92 Å². The molecule has 0 atom stereocenters. The Hall–Kier alpha value is -1.32. The summed E-state index contributed by atoms with van der Waals surface area (Å²) in [6, 6.07) is 0. The maximum atomic E-state index is 10.2. The molecule has 0 aliphatic carbocycles. The van der Waals surface area contributed by atoms with Gasteiger partial charge in [-0.1, -0.05) is 6.58 Å². The predicted octanol–water partition coefficient (Wildman–Crippen LogP) is -0.451. The number of amides is 1. The molecule has 9 heavy (non-hydrogen) atoms. The molecule has 0 fully saturated rings. The van der Waals surface area contributed by atoms with Crippen LogP contribution in [0.15, 0.2) is 12.3 Å². The largest absolute Gasteiger partial charge is 0.425 e. The molecule has 0 aliphatic heterocycles. The Morgan fingerprint density at radius 3 is 2.11 bits per heavy atom. The fourth-order valence-electron chi connectivity index (χ4n) is 0.209. The van der Waals surface area contributed by atoms with Gasteiger partial charge >= 0.3 is 11.9 Å². The zero-order valence-corrected chi connectivity index (χ0v) is 5.01. The van der Waals surface area contributed by atoms with Crippen LogP contribution in [0.25, 0.3) is 0 Å². The molecule has 0 unspecified atom stereocenters. The molecular weight excluding hydrogens is 122 g/mol. The van der Waals surface area contributed by atoms with Crippen LogP contribution in [-0.2, 0) is 14.3 Å². The minimum atomic E-state index is -1.11. The highest BCUT2D eigenvalue weighted by atomic mass is 16.5. The smallest absolute Gasteiger partial charge is 0.401 e. The van der Waals surface area contributed by atoms with Gasteiger partial charge in [0.1, 0.15) is 0 Å². The van der Waals surface area contributed by atoms with Crippen LogP contribution >= 0.6 is 0 Å². The molecule has 0 spiro atoms. The van der Waals surface area contributed by atoms with Gasteiger partial charge in [-0.3, -0.25) is 4.79 Å². The number of allylic oxidation sites excluding steroid dienone is 1. The Bertz CT molecular complexity index is 162. The van der Waals surface area contributed by atoms with E-state index in [0.29, 0.717) is 0 Å².